The molecule has 8 nitrogen and oxygen atoms in total. The molecule has 2 atom stereocenters. The molecule has 114 valence electrons. The minimum Gasteiger partial charge on any atom is -0.380 e. The van der Waals surface area contributed by atoms with Crippen molar-refractivity contribution in [1.29, 1.82) is 0 Å². The van der Waals surface area contributed by atoms with Crippen molar-refractivity contribution in [2.45, 2.75) is 25.1 Å². The van der Waals surface area contributed by atoms with Gasteiger partial charge < -0.3 is 19.1 Å². The highest BCUT2D eigenvalue weighted by Crippen LogP contribution is 2.32. The molecule has 21 heavy (non-hydrogen) atoms. The van der Waals surface area contributed by atoms with Crippen LogP contribution in [0.4, 0.5) is 5.95 Å². The number of anilines is 1. The second-order valence-corrected chi connectivity index (χ2v) is 5.40. The molecule has 3 rings (SSSR count). The van der Waals surface area contributed by atoms with Gasteiger partial charge in [-0.3, -0.25) is 4.90 Å². The van der Waals surface area contributed by atoms with Gasteiger partial charge in [-0.25, -0.2) is 4.98 Å². The van der Waals surface area contributed by atoms with Crippen LogP contribution in [0.1, 0.15) is 24.2 Å². The summed E-state index contributed by atoms with van der Waals surface area (Å²) in [5.41, 5.74) is 0. The zero-order valence-electron chi connectivity index (χ0n) is 12.5. The maximum atomic E-state index is 5.49. The Morgan fingerprint density at radius 1 is 1.52 bits per heavy atom. The monoisotopic (exact) mass is 292 g/mol. The van der Waals surface area contributed by atoms with Gasteiger partial charge in [-0.2, -0.15) is 4.98 Å². The summed E-state index contributed by atoms with van der Waals surface area (Å²) in [5, 5.41) is 3.94. The summed E-state index contributed by atoms with van der Waals surface area (Å²) in [6.07, 6.45) is 4.70. The van der Waals surface area contributed by atoms with E-state index in [4.69, 9.17) is 9.26 Å². The number of H-pyrrole nitrogens is 1. The fourth-order valence-corrected chi connectivity index (χ4v) is 2.62. The van der Waals surface area contributed by atoms with Crippen LogP contribution >= 0.6 is 0 Å². The van der Waals surface area contributed by atoms with Crippen LogP contribution in [0.2, 0.25) is 0 Å². The largest absolute Gasteiger partial charge is 0.380 e. The molecule has 1 fully saturated rings. The minimum absolute atomic E-state index is 0.180. The lowest BCUT2D eigenvalue weighted by Gasteiger charge is -2.20. The quantitative estimate of drug-likeness (QED) is 0.873. The lowest BCUT2D eigenvalue weighted by atomic mass is 10.2. The molecule has 1 aliphatic rings. The molecule has 2 aromatic rings. The molecular formula is C13H20N6O2. The van der Waals surface area contributed by atoms with Crippen LogP contribution in [-0.4, -0.2) is 58.9 Å². The van der Waals surface area contributed by atoms with E-state index in [1.807, 2.05) is 25.2 Å². The molecule has 0 bridgehead atoms. The second-order valence-electron chi connectivity index (χ2n) is 5.40. The van der Waals surface area contributed by atoms with Crippen LogP contribution < -0.4 is 4.90 Å². The SMILES string of the molecule is CO[C@@H]1CC(c2ncc[nH]2)N(Cc2nc(N(C)C)no2)C1. The third-order valence-corrected chi connectivity index (χ3v) is 3.73. The minimum atomic E-state index is 0.180. The number of nitrogens with zero attached hydrogens (tertiary/aromatic N) is 5. The van der Waals surface area contributed by atoms with Gasteiger partial charge in [0, 0.05) is 40.1 Å². The van der Waals surface area contributed by atoms with E-state index in [9.17, 15) is 0 Å². The van der Waals surface area contributed by atoms with Gasteiger partial charge in [0.1, 0.15) is 5.82 Å². The van der Waals surface area contributed by atoms with Crippen LogP contribution in [0.3, 0.4) is 0 Å². The van der Waals surface area contributed by atoms with Crippen molar-refractivity contribution in [1.82, 2.24) is 25.0 Å². The molecule has 0 radical (unpaired) electrons. The number of hydrogen-bond donors (Lipinski definition) is 1. The van der Waals surface area contributed by atoms with Crippen molar-refractivity contribution in [3.63, 3.8) is 0 Å². The Bertz CT molecular complexity index is 567. The summed E-state index contributed by atoms with van der Waals surface area (Å²) in [4.78, 5) is 16.0. The molecule has 0 spiro atoms. The Hall–Kier alpha value is -1.93. The molecule has 1 aliphatic heterocycles. The van der Waals surface area contributed by atoms with E-state index in [1.165, 1.54) is 0 Å². The summed E-state index contributed by atoms with van der Waals surface area (Å²) in [5.74, 6) is 2.14. The average Bonchev–Trinajstić information content (AvgIpc) is 3.18. The number of nitrogens with one attached hydrogen (secondary N) is 1. The molecule has 0 aliphatic carbocycles. The molecular weight excluding hydrogens is 272 g/mol. The highest BCUT2D eigenvalue weighted by Gasteiger charge is 2.35. The summed E-state index contributed by atoms with van der Waals surface area (Å²) < 4.78 is 10.8. The number of hydrogen-bond acceptors (Lipinski definition) is 7. The maximum absolute atomic E-state index is 5.49. The van der Waals surface area contributed by atoms with E-state index < -0.39 is 0 Å². The first-order chi connectivity index (χ1) is 10.2. The first-order valence-electron chi connectivity index (χ1n) is 6.93. The first kappa shape index (κ1) is 14.0. The Kier molecular flexibility index (Phi) is 3.89. The summed E-state index contributed by atoms with van der Waals surface area (Å²) in [6, 6.07) is 0.180. The third-order valence-electron chi connectivity index (χ3n) is 3.73. The standard InChI is InChI=1S/C13H20N6O2/c1-18(2)13-16-11(21-17-13)8-19-7-9(20-3)6-10(19)12-14-4-5-15-12/h4-5,9-10H,6-8H2,1-3H3,(H,14,15)/t9-,10?/m1/s1. The first-order valence-corrected chi connectivity index (χ1v) is 6.93. The Morgan fingerprint density at radius 3 is 3.00 bits per heavy atom. The number of rotatable bonds is 5. The van der Waals surface area contributed by atoms with Crippen LogP contribution in [-0.2, 0) is 11.3 Å². The van der Waals surface area contributed by atoms with E-state index in [0.29, 0.717) is 18.4 Å². The number of ether oxygens (including phenoxy) is 1. The normalized spacial score (nSPS) is 22.8. The summed E-state index contributed by atoms with van der Waals surface area (Å²) in [6.45, 7) is 1.41. The number of aromatic amines is 1. The van der Waals surface area contributed by atoms with Crippen molar-refractivity contribution < 1.29 is 9.26 Å². The van der Waals surface area contributed by atoms with Gasteiger partial charge >= 0.3 is 0 Å². The zero-order chi connectivity index (χ0) is 14.8. The topological polar surface area (TPSA) is 83.3 Å². The molecule has 0 saturated carbocycles. The Labute approximate surface area is 123 Å². The van der Waals surface area contributed by atoms with Gasteiger partial charge in [0.05, 0.1) is 18.7 Å². The maximum Gasteiger partial charge on any atom is 0.265 e. The molecule has 2 aromatic heterocycles. The van der Waals surface area contributed by atoms with Crippen LogP contribution in [0.15, 0.2) is 16.9 Å². The van der Waals surface area contributed by atoms with Gasteiger partial charge in [-0.1, -0.05) is 0 Å². The van der Waals surface area contributed by atoms with Crippen molar-refractivity contribution in [2.24, 2.45) is 0 Å². The predicted octanol–water partition coefficient (Wildman–Crippen LogP) is 0.821. The smallest absolute Gasteiger partial charge is 0.265 e. The van der Waals surface area contributed by atoms with E-state index >= 15 is 0 Å². The summed E-state index contributed by atoms with van der Waals surface area (Å²) in [7, 11) is 5.51. The molecule has 3 heterocycles. The lowest BCUT2D eigenvalue weighted by Crippen LogP contribution is -2.25. The van der Waals surface area contributed by atoms with Gasteiger partial charge in [-0.05, 0) is 11.6 Å². The molecule has 0 aromatic carbocycles. The van der Waals surface area contributed by atoms with Gasteiger partial charge in [0.15, 0.2) is 0 Å². The Morgan fingerprint density at radius 2 is 2.38 bits per heavy atom. The van der Waals surface area contributed by atoms with Gasteiger partial charge in [0.25, 0.3) is 5.95 Å². The molecule has 0 amide bonds. The zero-order valence-corrected chi connectivity index (χ0v) is 12.5. The van der Waals surface area contributed by atoms with Crippen molar-refractivity contribution in [2.75, 3.05) is 32.6 Å². The highest BCUT2D eigenvalue weighted by molar-refractivity contribution is 5.23. The van der Waals surface area contributed by atoms with Gasteiger partial charge in [0.2, 0.25) is 5.89 Å². The molecule has 1 saturated heterocycles. The number of aromatic nitrogens is 4. The molecule has 1 unspecified atom stereocenters. The van der Waals surface area contributed by atoms with Crippen molar-refractivity contribution in [3.05, 3.63) is 24.1 Å². The number of imidazole rings is 1. The van der Waals surface area contributed by atoms with Crippen molar-refractivity contribution in [3.8, 4) is 0 Å². The highest BCUT2D eigenvalue weighted by atomic mass is 16.5. The second kappa shape index (κ2) is 5.82. The van der Waals surface area contributed by atoms with E-state index in [1.54, 1.807) is 13.3 Å². The summed E-state index contributed by atoms with van der Waals surface area (Å²) >= 11 is 0. The average molecular weight is 292 g/mol. The lowest BCUT2D eigenvalue weighted by molar-refractivity contribution is 0.105. The fourth-order valence-electron chi connectivity index (χ4n) is 2.62. The van der Waals surface area contributed by atoms with Crippen LogP contribution in [0, 0.1) is 0 Å². The van der Waals surface area contributed by atoms with Crippen LogP contribution in [0.25, 0.3) is 0 Å². The van der Waals surface area contributed by atoms with E-state index in [-0.39, 0.29) is 12.1 Å². The van der Waals surface area contributed by atoms with Crippen LogP contribution in [0.5, 0.6) is 0 Å². The number of methoxy groups -OCH3 is 1. The third kappa shape index (κ3) is 2.91. The van der Waals surface area contributed by atoms with Gasteiger partial charge in [-0.15, -0.1) is 0 Å². The van der Waals surface area contributed by atoms with Crippen molar-refractivity contribution >= 4 is 5.95 Å². The number of likely N-dealkylation sites (tertiary alicyclic amines) is 1. The fraction of sp³-hybridized carbons (Fsp3) is 0.615. The molecule has 1 N–H and O–H groups in total. The Balaban J connectivity index is 1.75. The van der Waals surface area contributed by atoms with E-state index in [0.717, 1.165) is 18.8 Å². The molecule has 8 heteroatoms. The predicted molar refractivity (Wildman–Crippen MR) is 75.8 cm³/mol. The van der Waals surface area contributed by atoms with E-state index in [2.05, 4.69) is 25.0 Å².